The minimum atomic E-state index is -0.936. The second-order valence-electron chi connectivity index (χ2n) is 7.17. The molecule has 1 aliphatic rings. The summed E-state index contributed by atoms with van der Waals surface area (Å²) < 4.78 is 14.6. The molecular formula is C23H24FNO3. The average molecular weight is 381 g/mol. The molecule has 0 aromatic heterocycles. The molecule has 1 atom stereocenters. The number of amides is 1. The Morgan fingerprint density at radius 2 is 1.82 bits per heavy atom. The minimum absolute atomic E-state index is 0.0607. The van der Waals surface area contributed by atoms with Crippen LogP contribution in [-0.4, -0.2) is 28.2 Å². The zero-order chi connectivity index (χ0) is 20.4. The van der Waals surface area contributed by atoms with Crippen molar-refractivity contribution in [2.45, 2.75) is 39.7 Å². The third kappa shape index (κ3) is 3.44. The molecule has 5 heteroatoms. The van der Waals surface area contributed by atoms with Gasteiger partial charge in [0.15, 0.2) is 0 Å². The van der Waals surface area contributed by atoms with E-state index in [4.69, 9.17) is 0 Å². The van der Waals surface area contributed by atoms with E-state index in [9.17, 15) is 19.1 Å². The van der Waals surface area contributed by atoms with E-state index in [1.807, 2.05) is 26.8 Å². The Morgan fingerprint density at radius 3 is 2.46 bits per heavy atom. The van der Waals surface area contributed by atoms with Crippen molar-refractivity contribution >= 4 is 17.4 Å². The van der Waals surface area contributed by atoms with E-state index >= 15 is 0 Å². The molecule has 28 heavy (non-hydrogen) atoms. The normalized spacial score (nSPS) is 18.7. The molecule has 0 aliphatic carbocycles. The van der Waals surface area contributed by atoms with Crippen LogP contribution in [0.25, 0.3) is 5.76 Å². The van der Waals surface area contributed by atoms with Crippen LogP contribution < -0.4 is 0 Å². The molecule has 2 aromatic carbocycles. The van der Waals surface area contributed by atoms with Gasteiger partial charge in [0.25, 0.3) is 11.7 Å². The van der Waals surface area contributed by atoms with Gasteiger partial charge in [-0.3, -0.25) is 9.59 Å². The van der Waals surface area contributed by atoms with Crippen LogP contribution in [-0.2, 0) is 9.59 Å². The summed E-state index contributed by atoms with van der Waals surface area (Å²) in [7, 11) is 0. The van der Waals surface area contributed by atoms with Crippen LogP contribution in [0, 0.1) is 19.7 Å². The number of halogens is 1. The molecule has 1 saturated heterocycles. The van der Waals surface area contributed by atoms with Gasteiger partial charge in [-0.05, 0) is 43.5 Å². The predicted octanol–water partition coefficient (Wildman–Crippen LogP) is 4.66. The summed E-state index contributed by atoms with van der Waals surface area (Å²) in [4.78, 5) is 26.9. The Morgan fingerprint density at radius 1 is 1.11 bits per heavy atom. The summed E-state index contributed by atoms with van der Waals surface area (Å²) in [5.74, 6) is -2.26. The van der Waals surface area contributed by atoms with Gasteiger partial charge in [0, 0.05) is 17.7 Å². The standard InChI is InChI=1S/C23H24FNO3/c1-4-5-12-25-20(17-8-6-7-9-18(17)24)19(22(27)23(25)28)21(26)16-11-10-14(2)15(3)13-16/h6-11,13,20,26H,4-5,12H2,1-3H3/b21-19+. The summed E-state index contributed by atoms with van der Waals surface area (Å²) in [6.07, 6.45) is 1.51. The van der Waals surface area contributed by atoms with E-state index in [2.05, 4.69) is 0 Å². The van der Waals surface area contributed by atoms with Crippen molar-refractivity contribution in [1.29, 1.82) is 0 Å². The van der Waals surface area contributed by atoms with E-state index < -0.39 is 23.5 Å². The molecular weight excluding hydrogens is 357 g/mol. The highest BCUT2D eigenvalue weighted by molar-refractivity contribution is 6.46. The van der Waals surface area contributed by atoms with Crippen LogP contribution >= 0.6 is 0 Å². The number of rotatable bonds is 5. The number of likely N-dealkylation sites (tertiary alicyclic amines) is 1. The number of carbonyl (C=O) groups is 2. The van der Waals surface area contributed by atoms with Crippen molar-refractivity contribution in [2.24, 2.45) is 0 Å². The van der Waals surface area contributed by atoms with Crippen LogP contribution in [0.5, 0.6) is 0 Å². The lowest BCUT2D eigenvalue weighted by Crippen LogP contribution is -2.31. The highest BCUT2D eigenvalue weighted by Crippen LogP contribution is 2.40. The maximum absolute atomic E-state index is 14.6. The molecule has 0 radical (unpaired) electrons. The van der Waals surface area contributed by atoms with E-state index in [1.165, 1.54) is 11.0 Å². The Bertz CT molecular complexity index is 964. The zero-order valence-electron chi connectivity index (χ0n) is 16.3. The molecule has 1 unspecified atom stereocenters. The number of hydrogen-bond acceptors (Lipinski definition) is 3. The van der Waals surface area contributed by atoms with E-state index in [1.54, 1.807) is 30.3 Å². The number of aryl methyl sites for hydroxylation is 2. The number of ketones is 1. The van der Waals surface area contributed by atoms with Crippen LogP contribution in [0.2, 0.25) is 0 Å². The SMILES string of the molecule is CCCCN1C(=O)C(=O)/C(=C(/O)c2ccc(C)c(C)c2)C1c1ccccc1F. The van der Waals surface area contributed by atoms with Gasteiger partial charge in [-0.25, -0.2) is 4.39 Å². The largest absolute Gasteiger partial charge is 0.507 e. The number of aliphatic hydroxyl groups excluding tert-OH is 1. The monoisotopic (exact) mass is 381 g/mol. The third-order valence-corrected chi connectivity index (χ3v) is 5.27. The maximum Gasteiger partial charge on any atom is 0.295 e. The van der Waals surface area contributed by atoms with Crippen molar-refractivity contribution in [3.8, 4) is 0 Å². The smallest absolute Gasteiger partial charge is 0.295 e. The first-order chi connectivity index (χ1) is 13.4. The quantitative estimate of drug-likeness (QED) is 0.465. The van der Waals surface area contributed by atoms with Gasteiger partial charge in [0.1, 0.15) is 11.6 Å². The molecule has 1 amide bonds. The molecule has 4 nitrogen and oxygen atoms in total. The number of benzene rings is 2. The summed E-state index contributed by atoms with van der Waals surface area (Å²) in [6, 6.07) is 10.4. The van der Waals surface area contributed by atoms with Gasteiger partial charge >= 0.3 is 0 Å². The van der Waals surface area contributed by atoms with Gasteiger partial charge in [-0.15, -0.1) is 0 Å². The van der Waals surface area contributed by atoms with Crippen LogP contribution in [0.4, 0.5) is 4.39 Å². The highest BCUT2D eigenvalue weighted by Gasteiger charge is 2.46. The molecule has 0 saturated carbocycles. The topological polar surface area (TPSA) is 57.6 Å². The van der Waals surface area contributed by atoms with E-state index in [0.717, 1.165) is 17.5 Å². The third-order valence-electron chi connectivity index (χ3n) is 5.27. The van der Waals surface area contributed by atoms with Crippen LogP contribution in [0.1, 0.15) is 48.1 Å². The molecule has 146 valence electrons. The Balaban J connectivity index is 2.20. The molecule has 2 aromatic rings. The van der Waals surface area contributed by atoms with Crippen LogP contribution in [0.3, 0.4) is 0 Å². The zero-order valence-corrected chi connectivity index (χ0v) is 16.3. The fourth-order valence-electron chi connectivity index (χ4n) is 3.50. The minimum Gasteiger partial charge on any atom is -0.507 e. The lowest BCUT2D eigenvalue weighted by Gasteiger charge is -2.25. The summed E-state index contributed by atoms with van der Waals surface area (Å²) in [6.45, 7) is 6.15. The first-order valence-electron chi connectivity index (χ1n) is 9.47. The molecule has 1 heterocycles. The summed E-state index contributed by atoms with van der Waals surface area (Å²) in [5.41, 5.74) is 2.59. The molecule has 0 spiro atoms. The van der Waals surface area contributed by atoms with Gasteiger partial charge in [-0.2, -0.15) is 0 Å². The number of hydrogen-bond donors (Lipinski definition) is 1. The number of nitrogens with zero attached hydrogens (tertiary/aromatic N) is 1. The molecule has 0 bridgehead atoms. The second kappa shape index (κ2) is 7.97. The molecule has 1 aliphatic heterocycles. The van der Waals surface area contributed by atoms with E-state index in [-0.39, 0.29) is 16.9 Å². The van der Waals surface area contributed by atoms with Crippen molar-refractivity contribution in [3.05, 3.63) is 76.1 Å². The first kappa shape index (κ1) is 19.8. The van der Waals surface area contributed by atoms with E-state index in [0.29, 0.717) is 18.5 Å². The van der Waals surface area contributed by atoms with Gasteiger partial charge < -0.3 is 10.0 Å². The maximum atomic E-state index is 14.6. The second-order valence-corrected chi connectivity index (χ2v) is 7.17. The van der Waals surface area contributed by atoms with Gasteiger partial charge in [-0.1, -0.05) is 43.7 Å². The molecule has 1 N–H and O–H groups in total. The van der Waals surface area contributed by atoms with Crippen molar-refractivity contribution < 1.29 is 19.1 Å². The van der Waals surface area contributed by atoms with Gasteiger partial charge in [0.05, 0.1) is 11.6 Å². The Kier molecular flexibility index (Phi) is 5.63. The predicted molar refractivity (Wildman–Crippen MR) is 106 cm³/mol. The number of aliphatic hydroxyl groups is 1. The lowest BCUT2D eigenvalue weighted by molar-refractivity contribution is -0.139. The lowest BCUT2D eigenvalue weighted by atomic mass is 9.94. The van der Waals surface area contributed by atoms with Gasteiger partial charge in [0.2, 0.25) is 0 Å². The number of carbonyl (C=O) groups excluding carboxylic acids is 2. The molecule has 1 fully saturated rings. The number of Topliss-reactive ketones (excluding diaryl/α,β-unsaturated/α-hetero) is 1. The fraction of sp³-hybridized carbons (Fsp3) is 0.304. The van der Waals surface area contributed by atoms with Crippen molar-refractivity contribution in [3.63, 3.8) is 0 Å². The summed E-state index contributed by atoms with van der Waals surface area (Å²) >= 11 is 0. The Labute approximate surface area is 164 Å². The molecule has 3 rings (SSSR count). The van der Waals surface area contributed by atoms with Crippen molar-refractivity contribution in [2.75, 3.05) is 6.54 Å². The fourth-order valence-corrected chi connectivity index (χ4v) is 3.50. The highest BCUT2D eigenvalue weighted by atomic mass is 19.1. The van der Waals surface area contributed by atoms with Crippen molar-refractivity contribution in [1.82, 2.24) is 4.90 Å². The Hall–Kier alpha value is -2.95. The number of unbranched alkanes of at least 4 members (excludes halogenated alkanes) is 1. The average Bonchev–Trinajstić information content (AvgIpc) is 2.92. The summed E-state index contributed by atoms with van der Waals surface area (Å²) in [5, 5.41) is 10.9. The van der Waals surface area contributed by atoms with Crippen LogP contribution in [0.15, 0.2) is 48.0 Å². The first-order valence-corrected chi connectivity index (χ1v) is 9.47.